The van der Waals surface area contributed by atoms with Crippen LogP contribution in [-0.4, -0.2) is 27.5 Å². The van der Waals surface area contributed by atoms with E-state index in [0.29, 0.717) is 17.8 Å². The van der Waals surface area contributed by atoms with Crippen LogP contribution in [0.2, 0.25) is 0 Å². The fourth-order valence-corrected chi connectivity index (χ4v) is 3.39. The molecule has 0 spiro atoms. The van der Waals surface area contributed by atoms with Crippen LogP contribution in [0, 0.1) is 12.8 Å². The first kappa shape index (κ1) is 18.6. The molecule has 2 aromatic carbocycles. The van der Waals surface area contributed by atoms with Crippen molar-refractivity contribution in [1.82, 2.24) is 15.1 Å². The number of hydrogen-bond acceptors (Lipinski definition) is 4. The molecule has 29 heavy (non-hydrogen) atoms. The molecule has 1 aromatic heterocycles. The van der Waals surface area contributed by atoms with E-state index in [-0.39, 0.29) is 30.1 Å². The number of amides is 3. The number of carbonyl (C=O) groups excluding carboxylic acids is 3. The number of rotatable bonds is 5. The highest BCUT2D eigenvalue weighted by atomic mass is 16.2. The van der Waals surface area contributed by atoms with E-state index in [1.807, 2.05) is 49.4 Å². The van der Waals surface area contributed by atoms with Crippen molar-refractivity contribution in [2.75, 3.05) is 5.32 Å². The van der Waals surface area contributed by atoms with Crippen LogP contribution >= 0.6 is 0 Å². The predicted molar refractivity (Wildman–Crippen MR) is 108 cm³/mol. The first-order valence-corrected chi connectivity index (χ1v) is 9.35. The summed E-state index contributed by atoms with van der Waals surface area (Å²) in [6, 6.07) is 18.6. The monoisotopic (exact) mass is 388 g/mol. The number of nitrogens with zero attached hydrogens (tertiary/aromatic N) is 2. The molecule has 3 amide bonds. The van der Waals surface area contributed by atoms with Gasteiger partial charge in [0.2, 0.25) is 11.8 Å². The lowest BCUT2D eigenvalue weighted by Crippen LogP contribution is -2.22. The summed E-state index contributed by atoms with van der Waals surface area (Å²) in [4.78, 5) is 35.6. The van der Waals surface area contributed by atoms with Crippen molar-refractivity contribution < 1.29 is 14.4 Å². The Labute approximate surface area is 167 Å². The molecule has 7 heteroatoms. The topological polar surface area (TPSA) is 93.1 Å². The number of benzene rings is 2. The van der Waals surface area contributed by atoms with Gasteiger partial charge in [0.05, 0.1) is 11.6 Å². The smallest absolute Gasteiger partial charge is 0.276 e. The Morgan fingerprint density at radius 3 is 2.52 bits per heavy atom. The van der Waals surface area contributed by atoms with Gasteiger partial charge in [0.15, 0.2) is 5.69 Å². The Kier molecular flexibility index (Phi) is 4.95. The highest BCUT2D eigenvalue weighted by molar-refractivity contribution is 6.04. The van der Waals surface area contributed by atoms with E-state index in [1.54, 1.807) is 22.9 Å². The SMILES string of the molecule is Cc1cc(C(=O)Nc2ccc(CC3CC(=O)NC3=O)cc2)nn1-c1ccccc1. The Morgan fingerprint density at radius 1 is 1.14 bits per heavy atom. The van der Waals surface area contributed by atoms with Gasteiger partial charge in [-0.15, -0.1) is 0 Å². The fourth-order valence-electron chi connectivity index (χ4n) is 3.39. The zero-order valence-corrected chi connectivity index (χ0v) is 15.9. The molecule has 0 radical (unpaired) electrons. The van der Waals surface area contributed by atoms with Crippen molar-refractivity contribution in [2.24, 2.45) is 5.92 Å². The third-order valence-corrected chi connectivity index (χ3v) is 4.88. The Hall–Kier alpha value is -3.74. The molecule has 1 fully saturated rings. The molecule has 146 valence electrons. The summed E-state index contributed by atoms with van der Waals surface area (Å²) in [6.45, 7) is 1.90. The third-order valence-electron chi connectivity index (χ3n) is 4.88. The molecule has 1 atom stereocenters. The van der Waals surface area contributed by atoms with Gasteiger partial charge in [0.1, 0.15) is 0 Å². The molecule has 1 unspecified atom stereocenters. The van der Waals surface area contributed by atoms with Gasteiger partial charge in [-0.2, -0.15) is 5.10 Å². The van der Waals surface area contributed by atoms with E-state index in [1.165, 1.54) is 0 Å². The first-order chi connectivity index (χ1) is 14.0. The molecule has 4 rings (SSSR count). The zero-order chi connectivity index (χ0) is 20.4. The molecule has 7 nitrogen and oxygen atoms in total. The van der Waals surface area contributed by atoms with Crippen molar-refractivity contribution in [3.63, 3.8) is 0 Å². The number of imide groups is 1. The fraction of sp³-hybridized carbons (Fsp3) is 0.182. The van der Waals surface area contributed by atoms with Crippen LogP contribution < -0.4 is 10.6 Å². The van der Waals surface area contributed by atoms with Gasteiger partial charge in [0, 0.05) is 17.8 Å². The van der Waals surface area contributed by atoms with E-state index < -0.39 is 0 Å². The van der Waals surface area contributed by atoms with Crippen LogP contribution in [-0.2, 0) is 16.0 Å². The van der Waals surface area contributed by atoms with Crippen LogP contribution in [0.1, 0.15) is 28.2 Å². The minimum absolute atomic E-state index is 0.223. The van der Waals surface area contributed by atoms with Crippen molar-refractivity contribution in [3.05, 3.63) is 77.6 Å². The van der Waals surface area contributed by atoms with Gasteiger partial charge < -0.3 is 5.32 Å². The van der Waals surface area contributed by atoms with E-state index in [4.69, 9.17) is 0 Å². The predicted octanol–water partition coefficient (Wildman–Crippen LogP) is 2.64. The Morgan fingerprint density at radius 2 is 1.86 bits per heavy atom. The van der Waals surface area contributed by atoms with E-state index in [9.17, 15) is 14.4 Å². The van der Waals surface area contributed by atoms with Crippen molar-refractivity contribution >= 4 is 23.4 Å². The minimum Gasteiger partial charge on any atom is -0.321 e. The quantitative estimate of drug-likeness (QED) is 0.657. The molecule has 0 saturated carbocycles. The second-order valence-electron chi connectivity index (χ2n) is 7.09. The first-order valence-electron chi connectivity index (χ1n) is 9.35. The average molecular weight is 388 g/mol. The zero-order valence-electron chi connectivity index (χ0n) is 15.9. The molecule has 0 bridgehead atoms. The maximum absolute atomic E-state index is 12.6. The average Bonchev–Trinajstić information content (AvgIpc) is 3.25. The molecule has 2 heterocycles. The summed E-state index contributed by atoms with van der Waals surface area (Å²) in [7, 11) is 0. The number of para-hydroxylation sites is 1. The summed E-state index contributed by atoms with van der Waals surface area (Å²) >= 11 is 0. The number of aryl methyl sites for hydroxylation is 1. The molecule has 0 aliphatic carbocycles. The van der Waals surface area contributed by atoms with Crippen LogP contribution in [0.3, 0.4) is 0 Å². The Bertz CT molecular complexity index is 1070. The minimum atomic E-state index is -0.326. The van der Waals surface area contributed by atoms with Crippen LogP contribution in [0.15, 0.2) is 60.7 Å². The molecular formula is C22H20N4O3. The van der Waals surface area contributed by atoms with Crippen LogP contribution in [0.5, 0.6) is 0 Å². The number of nitrogens with one attached hydrogen (secondary N) is 2. The van der Waals surface area contributed by atoms with Gasteiger partial charge in [-0.1, -0.05) is 30.3 Å². The van der Waals surface area contributed by atoms with Gasteiger partial charge in [-0.3, -0.25) is 19.7 Å². The summed E-state index contributed by atoms with van der Waals surface area (Å²) in [5, 5.41) is 9.56. The van der Waals surface area contributed by atoms with Crippen LogP contribution in [0.25, 0.3) is 5.69 Å². The van der Waals surface area contributed by atoms with Gasteiger partial charge in [0.25, 0.3) is 5.91 Å². The third kappa shape index (κ3) is 4.08. The maximum Gasteiger partial charge on any atom is 0.276 e. The lowest BCUT2D eigenvalue weighted by molar-refractivity contribution is -0.125. The lowest BCUT2D eigenvalue weighted by Gasteiger charge is -2.08. The summed E-state index contributed by atoms with van der Waals surface area (Å²) < 4.78 is 1.73. The lowest BCUT2D eigenvalue weighted by atomic mass is 9.98. The van der Waals surface area contributed by atoms with Crippen molar-refractivity contribution in [2.45, 2.75) is 19.8 Å². The number of aromatic nitrogens is 2. The van der Waals surface area contributed by atoms with E-state index in [2.05, 4.69) is 15.7 Å². The second-order valence-corrected chi connectivity index (χ2v) is 7.09. The largest absolute Gasteiger partial charge is 0.321 e. The molecular weight excluding hydrogens is 368 g/mol. The molecule has 2 N–H and O–H groups in total. The molecule has 1 aliphatic heterocycles. The maximum atomic E-state index is 12.6. The number of carbonyl (C=O) groups is 3. The van der Waals surface area contributed by atoms with E-state index in [0.717, 1.165) is 16.9 Å². The van der Waals surface area contributed by atoms with Crippen molar-refractivity contribution in [1.29, 1.82) is 0 Å². The summed E-state index contributed by atoms with van der Waals surface area (Å²) in [5.41, 5.74) is 3.65. The van der Waals surface area contributed by atoms with Gasteiger partial charge >= 0.3 is 0 Å². The Balaban J connectivity index is 1.42. The molecule has 3 aromatic rings. The van der Waals surface area contributed by atoms with Gasteiger partial charge in [-0.05, 0) is 49.2 Å². The van der Waals surface area contributed by atoms with Crippen molar-refractivity contribution in [3.8, 4) is 5.69 Å². The molecule has 1 saturated heterocycles. The highest BCUT2D eigenvalue weighted by Crippen LogP contribution is 2.19. The van der Waals surface area contributed by atoms with Gasteiger partial charge in [-0.25, -0.2) is 4.68 Å². The normalized spacial score (nSPS) is 16.0. The number of hydrogen-bond donors (Lipinski definition) is 2. The van der Waals surface area contributed by atoms with E-state index >= 15 is 0 Å². The van der Waals surface area contributed by atoms with Crippen LogP contribution in [0.4, 0.5) is 5.69 Å². The highest BCUT2D eigenvalue weighted by Gasteiger charge is 2.30. The second kappa shape index (κ2) is 7.71. The summed E-state index contributed by atoms with van der Waals surface area (Å²) in [5.74, 6) is -1.07. The molecule has 1 aliphatic rings. The standard InChI is InChI=1S/C22H20N4O3/c1-14-11-19(25-26(14)18-5-3-2-4-6-18)22(29)23-17-9-7-15(8-10-17)12-16-13-20(27)24-21(16)28/h2-11,16H,12-13H2,1H3,(H,23,29)(H,24,27,28). The number of anilines is 1. The summed E-state index contributed by atoms with van der Waals surface area (Å²) in [6.07, 6.45) is 0.715.